The molecule has 1 aromatic heterocycles. The van der Waals surface area contributed by atoms with Crippen LogP contribution >= 0.6 is 0 Å². The molecule has 29 heavy (non-hydrogen) atoms. The van der Waals surface area contributed by atoms with Crippen molar-refractivity contribution >= 4 is 28.8 Å². The second-order valence-corrected chi connectivity index (χ2v) is 7.28. The Morgan fingerprint density at radius 1 is 1.14 bits per heavy atom. The molecule has 1 aliphatic rings. The van der Waals surface area contributed by atoms with Crippen molar-refractivity contribution in [3.8, 4) is 0 Å². The van der Waals surface area contributed by atoms with Gasteiger partial charge in [-0.25, -0.2) is 9.59 Å². The number of ether oxygens (including phenoxy) is 1. The minimum Gasteiger partial charge on any atom is -0.467 e. The lowest BCUT2D eigenvalue weighted by molar-refractivity contribution is -0.142. The number of benzene rings is 1. The van der Waals surface area contributed by atoms with Gasteiger partial charge in [-0.15, -0.1) is 0 Å². The molecule has 0 spiro atoms. The van der Waals surface area contributed by atoms with E-state index in [0.717, 1.165) is 18.4 Å². The van der Waals surface area contributed by atoms with Crippen molar-refractivity contribution in [2.75, 3.05) is 33.3 Å². The molecule has 2 N–H and O–H groups in total. The van der Waals surface area contributed by atoms with Crippen molar-refractivity contribution in [2.24, 2.45) is 0 Å². The van der Waals surface area contributed by atoms with Gasteiger partial charge in [-0.05, 0) is 31.4 Å². The summed E-state index contributed by atoms with van der Waals surface area (Å²) in [6.07, 6.45) is 4.15. The maximum atomic E-state index is 12.5. The smallest absolute Gasteiger partial charge is 0.328 e. The van der Waals surface area contributed by atoms with Crippen molar-refractivity contribution < 1.29 is 19.1 Å². The van der Waals surface area contributed by atoms with Crippen LogP contribution < -0.4 is 5.32 Å². The monoisotopic (exact) mass is 400 g/mol. The van der Waals surface area contributed by atoms with Crippen molar-refractivity contribution in [1.82, 2.24) is 20.1 Å². The summed E-state index contributed by atoms with van der Waals surface area (Å²) in [5.74, 6) is -0.366. The predicted octanol–water partition coefficient (Wildman–Crippen LogP) is 1.91. The molecule has 1 aromatic carbocycles. The second-order valence-electron chi connectivity index (χ2n) is 7.28. The number of nitrogens with one attached hydrogen (secondary N) is 2. The molecule has 0 radical (unpaired) electrons. The fraction of sp³-hybridized carbons (Fsp3) is 0.476. The molecule has 1 atom stereocenters. The molecule has 0 aliphatic carbocycles. The molecule has 1 saturated heterocycles. The van der Waals surface area contributed by atoms with Crippen LogP contribution in [0, 0.1) is 0 Å². The Morgan fingerprint density at radius 2 is 1.83 bits per heavy atom. The van der Waals surface area contributed by atoms with Crippen molar-refractivity contribution in [3.05, 3.63) is 36.0 Å². The average molecular weight is 400 g/mol. The van der Waals surface area contributed by atoms with E-state index in [4.69, 9.17) is 0 Å². The lowest BCUT2D eigenvalue weighted by Gasteiger charge is -2.35. The maximum Gasteiger partial charge on any atom is 0.328 e. The third kappa shape index (κ3) is 5.07. The van der Waals surface area contributed by atoms with Crippen LogP contribution in [0.1, 0.15) is 25.3 Å². The minimum atomic E-state index is -0.698. The molecule has 156 valence electrons. The largest absolute Gasteiger partial charge is 0.467 e. The summed E-state index contributed by atoms with van der Waals surface area (Å²) in [7, 11) is 1.29. The Kier molecular flexibility index (Phi) is 6.74. The van der Waals surface area contributed by atoms with Crippen LogP contribution in [0.2, 0.25) is 0 Å². The molecule has 1 fully saturated rings. The Bertz CT molecular complexity index is 870. The first-order chi connectivity index (χ1) is 14.0. The molecule has 1 aliphatic heterocycles. The van der Waals surface area contributed by atoms with Crippen molar-refractivity contribution in [1.29, 1.82) is 0 Å². The molecule has 2 heterocycles. The number of amides is 3. The van der Waals surface area contributed by atoms with Crippen LogP contribution in [0.25, 0.3) is 10.9 Å². The number of hydrogen-bond acceptors (Lipinski definition) is 4. The normalized spacial score (nSPS) is 15.2. The Balaban J connectivity index is 1.41. The highest BCUT2D eigenvalue weighted by atomic mass is 16.5. The Hall–Kier alpha value is -3.03. The number of aryl methyl sites for hydroxylation is 1. The van der Waals surface area contributed by atoms with Gasteiger partial charge in [0.2, 0.25) is 5.91 Å². The van der Waals surface area contributed by atoms with E-state index in [0.29, 0.717) is 32.6 Å². The summed E-state index contributed by atoms with van der Waals surface area (Å²) in [5.41, 5.74) is 2.35. The number of esters is 1. The summed E-state index contributed by atoms with van der Waals surface area (Å²) in [4.78, 5) is 42.8. The highest BCUT2D eigenvalue weighted by molar-refractivity contribution is 5.84. The summed E-state index contributed by atoms with van der Waals surface area (Å²) < 4.78 is 4.61. The van der Waals surface area contributed by atoms with E-state index in [-0.39, 0.29) is 11.9 Å². The Labute approximate surface area is 170 Å². The molecular weight excluding hydrogens is 372 g/mol. The quantitative estimate of drug-likeness (QED) is 0.724. The van der Waals surface area contributed by atoms with Gasteiger partial charge in [0.1, 0.15) is 6.04 Å². The number of fused-ring (bicyclic) bond motifs is 1. The summed E-state index contributed by atoms with van der Waals surface area (Å²) in [6, 6.07) is 7.15. The fourth-order valence-corrected chi connectivity index (χ4v) is 3.60. The molecule has 1 unspecified atom stereocenters. The first kappa shape index (κ1) is 20.7. The number of methoxy groups -OCH3 is 1. The number of carbonyl (C=O) groups is 3. The number of hydrogen-bond donors (Lipinski definition) is 2. The van der Waals surface area contributed by atoms with Crippen LogP contribution in [0.4, 0.5) is 4.79 Å². The van der Waals surface area contributed by atoms with E-state index in [2.05, 4.69) is 21.1 Å². The molecule has 8 nitrogen and oxygen atoms in total. The van der Waals surface area contributed by atoms with Gasteiger partial charge in [0.05, 0.1) is 7.11 Å². The minimum absolute atomic E-state index is 0.118. The summed E-state index contributed by atoms with van der Waals surface area (Å²) in [6.45, 7) is 3.50. The summed E-state index contributed by atoms with van der Waals surface area (Å²) in [5, 5.41) is 3.82. The molecule has 3 amide bonds. The highest BCUT2D eigenvalue weighted by Gasteiger charge is 2.26. The van der Waals surface area contributed by atoms with Gasteiger partial charge >= 0.3 is 12.0 Å². The molecule has 0 saturated carbocycles. The standard InChI is InChI=1S/C21H28N4O4/c1-15(20(27)29-2)23-21(28)25-12-10-24(11-13-25)19(26)9-5-6-16-14-22-18-8-4-3-7-17(16)18/h3-4,7-8,14-15,22H,5-6,9-13H2,1-2H3,(H,23,28). The molecule has 2 aromatic rings. The number of H-pyrrole nitrogens is 1. The van der Waals surface area contributed by atoms with Crippen LogP contribution in [0.15, 0.2) is 30.5 Å². The topological polar surface area (TPSA) is 94.7 Å². The zero-order valence-corrected chi connectivity index (χ0v) is 16.9. The maximum absolute atomic E-state index is 12.5. The van der Waals surface area contributed by atoms with E-state index in [1.54, 1.807) is 11.8 Å². The average Bonchev–Trinajstić information content (AvgIpc) is 3.16. The number of aromatic amines is 1. The molecule has 8 heteroatoms. The van der Waals surface area contributed by atoms with Crippen molar-refractivity contribution in [2.45, 2.75) is 32.2 Å². The first-order valence-electron chi connectivity index (χ1n) is 9.95. The van der Waals surface area contributed by atoms with Gasteiger partial charge < -0.3 is 24.8 Å². The zero-order valence-electron chi connectivity index (χ0n) is 16.9. The third-order valence-corrected chi connectivity index (χ3v) is 5.33. The lowest BCUT2D eigenvalue weighted by atomic mass is 10.1. The van der Waals surface area contributed by atoms with Gasteiger partial charge in [-0.3, -0.25) is 4.79 Å². The molecule has 3 rings (SSSR count). The van der Waals surface area contributed by atoms with E-state index in [9.17, 15) is 14.4 Å². The second kappa shape index (κ2) is 9.45. The van der Waals surface area contributed by atoms with E-state index >= 15 is 0 Å². The molecular formula is C21H28N4O4. The number of aromatic nitrogens is 1. The number of piperazine rings is 1. The third-order valence-electron chi connectivity index (χ3n) is 5.33. The highest BCUT2D eigenvalue weighted by Crippen LogP contribution is 2.19. The first-order valence-corrected chi connectivity index (χ1v) is 9.95. The van der Waals surface area contributed by atoms with Gasteiger partial charge in [-0.1, -0.05) is 18.2 Å². The summed E-state index contributed by atoms with van der Waals surface area (Å²) >= 11 is 0. The predicted molar refractivity (Wildman–Crippen MR) is 109 cm³/mol. The van der Waals surface area contributed by atoms with E-state index < -0.39 is 12.0 Å². The van der Waals surface area contributed by atoms with Gasteiger partial charge in [-0.2, -0.15) is 0 Å². The van der Waals surface area contributed by atoms with E-state index in [1.165, 1.54) is 18.1 Å². The number of carbonyl (C=O) groups excluding carboxylic acids is 3. The van der Waals surface area contributed by atoms with Crippen LogP contribution in [-0.2, 0) is 20.7 Å². The SMILES string of the molecule is COC(=O)C(C)NC(=O)N1CCN(C(=O)CCCc2c[nH]c3ccccc23)CC1. The van der Waals surface area contributed by atoms with Gasteiger partial charge in [0.15, 0.2) is 0 Å². The van der Waals surface area contributed by atoms with Gasteiger partial charge in [0, 0.05) is 49.7 Å². The number of rotatable bonds is 6. The van der Waals surface area contributed by atoms with Crippen LogP contribution in [-0.4, -0.2) is 72.0 Å². The fourth-order valence-electron chi connectivity index (χ4n) is 3.60. The van der Waals surface area contributed by atoms with Crippen molar-refractivity contribution in [3.63, 3.8) is 0 Å². The van der Waals surface area contributed by atoms with Crippen LogP contribution in [0.3, 0.4) is 0 Å². The van der Waals surface area contributed by atoms with Crippen LogP contribution in [0.5, 0.6) is 0 Å². The number of nitrogens with zero attached hydrogens (tertiary/aromatic N) is 2. The number of para-hydroxylation sites is 1. The van der Waals surface area contributed by atoms with Gasteiger partial charge in [0.25, 0.3) is 0 Å². The Morgan fingerprint density at radius 3 is 2.55 bits per heavy atom. The van der Waals surface area contributed by atoms with E-state index in [1.807, 2.05) is 29.3 Å². The molecule has 0 bridgehead atoms. The number of urea groups is 1. The zero-order chi connectivity index (χ0) is 20.8. The lowest BCUT2D eigenvalue weighted by Crippen LogP contribution is -2.55.